The second-order valence-corrected chi connectivity index (χ2v) is 20.7. The highest BCUT2D eigenvalue weighted by Crippen LogP contribution is 2.47. The maximum absolute atomic E-state index is 12.6. The summed E-state index contributed by atoms with van der Waals surface area (Å²) in [5, 5.41) is 21.9. The van der Waals surface area contributed by atoms with E-state index in [-0.39, 0.29) is 54.4 Å². The molecule has 16 heteroatoms. The first-order valence-corrected chi connectivity index (χ1v) is 27.2. The van der Waals surface area contributed by atoms with Crippen LogP contribution in [-0.4, -0.2) is 113 Å². The molecule has 0 saturated carbocycles. The molecule has 6 aromatic rings. The Kier molecular flexibility index (Phi) is 19.8. The minimum absolute atomic E-state index is 0.0229. The molecule has 3 atom stereocenters. The number of carbonyl (C=O) groups is 5. The van der Waals surface area contributed by atoms with Gasteiger partial charge in [-0.1, -0.05) is 151 Å². The molecule has 412 valence electrons. The van der Waals surface area contributed by atoms with Crippen LogP contribution in [0.5, 0.6) is 0 Å². The number of hydrogen-bond acceptors (Lipinski definition) is 13. The normalized spacial score (nSPS) is 19.1. The van der Waals surface area contributed by atoms with Crippen LogP contribution in [0, 0.1) is 0 Å². The lowest BCUT2D eigenvalue weighted by atomic mass is 9.98. The van der Waals surface area contributed by atoms with E-state index in [9.17, 15) is 24.0 Å². The maximum atomic E-state index is 12.6. The summed E-state index contributed by atoms with van der Waals surface area (Å²) in [7, 11) is 0. The first-order chi connectivity index (χ1) is 38.4. The number of Topliss-reactive ketones (excluding diaryl/α,β-unsaturated/α-hetero) is 2. The fourth-order valence-electron chi connectivity index (χ4n) is 11.6. The number of ether oxygens (including phenoxy) is 3. The van der Waals surface area contributed by atoms with Crippen molar-refractivity contribution in [2.24, 2.45) is 11.1 Å². The lowest BCUT2D eigenvalue weighted by molar-refractivity contribution is -0.122. The number of nitrogens with two attached hydrogens (primary N) is 1. The average molecular weight is 1090 g/mol. The monoisotopic (exact) mass is 1090 g/mol. The largest absolute Gasteiger partial charge is 0.453 e. The van der Waals surface area contributed by atoms with Crippen molar-refractivity contribution in [3.63, 3.8) is 0 Å². The minimum Gasteiger partial charge on any atom is -0.453 e. The molecule has 3 heterocycles. The number of fused-ring (bicyclic) bond motifs is 9. The van der Waals surface area contributed by atoms with E-state index in [4.69, 9.17) is 36.2 Å². The summed E-state index contributed by atoms with van der Waals surface area (Å²) < 4.78 is 16.3. The summed E-state index contributed by atoms with van der Waals surface area (Å²) in [5.41, 5.74) is 14.5. The summed E-state index contributed by atoms with van der Waals surface area (Å²) in [4.78, 5) is 61.4. The van der Waals surface area contributed by atoms with Crippen molar-refractivity contribution < 1.29 is 48.6 Å². The lowest BCUT2D eigenvalue weighted by Crippen LogP contribution is -2.45. The van der Waals surface area contributed by atoms with Gasteiger partial charge in [-0.05, 0) is 87.5 Å². The van der Waals surface area contributed by atoms with Gasteiger partial charge in [-0.2, -0.15) is 0 Å². The van der Waals surface area contributed by atoms with Gasteiger partial charge in [0, 0.05) is 106 Å². The van der Waals surface area contributed by atoms with E-state index >= 15 is 0 Å². The van der Waals surface area contributed by atoms with Gasteiger partial charge in [-0.3, -0.25) is 9.59 Å². The Labute approximate surface area is 466 Å². The summed E-state index contributed by atoms with van der Waals surface area (Å²) in [6.45, 7) is 8.69. The summed E-state index contributed by atoms with van der Waals surface area (Å²) in [6.07, 6.45) is 2.85. The zero-order valence-corrected chi connectivity index (χ0v) is 45.5. The molecule has 3 aliphatic carbocycles. The third kappa shape index (κ3) is 13.6. The van der Waals surface area contributed by atoms with Crippen molar-refractivity contribution in [3.05, 3.63) is 179 Å². The number of oxime groups is 1. The highest BCUT2D eigenvalue weighted by Gasteiger charge is 2.35. The molecule has 3 aliphatic heterocycles. The number of nitrogens with one attached hydrogen (secondary N) is 1. The van der Waals surface area contributed by atoms with Crippen LogP contribution in [-0.2, 0) is 23.8 Å². The highest BCUT2D eigenvalue weighted by molar-refractivity contribution is 6.61. The number of piperidine rings is 3. The molecular weight excluding hydrogens is 1020 g/mol. The molecule has 0 aromatic heterocycles. The van der Waals surface area contributed by atoms with Gasteiger partial charge in [-0.15, -0.1) is 0 Å². The number of ketones is 2. The number of amides is 2. The van der Waals surface area contributed by atoms with Crippen LogP contribution >= 0.6 is 11.6 Å². The molecule has 6 aromatic carbocycles. The van der Waals surface area contributed by atoms with Gasteiger partial charge in [0.2, 0.25) is 0 Å². The van der Waals surface area contributed by atoms with Gasteiger partial charge >= 0.3 is 17.6 Å². The van der Waals surface area contributed by atoms with Crippen LogP contribution in [0.25, 0.3) is 33.4 Å². The number of benzene rings is 6. The number of rotatable bonds is 6. The van der Waals surface area contributed by atoms with Gasteiger partial charge < -0.3 is 39.7 Å². The Morgan fingerprint density at radius 2 is 0.848 bits per heavy atom. The molecule has 3 unspecified atom stereocenters. The van der Waals surface area contributed by atoms with Crippen LogP contribution < -0.4 is 11.2 Å². The Bertz CT molecular complexity index is 3030. The van der Waals surface area contributed by atoms with Gasteiger partial charge in [0.15, 0.2) is 0 Å². The van der Waals surface area contributed by atoms with Crippen molar-refractivity contribution >= 4 is 46.5 Å². The van der Waals surface area contributed by atoms with E-state index in [1.54, 1.807) is 9.80 Å². The average Bonchev–Trinajstić information content (AvgIpc) is 4.11. The van der Waals surface area contributed by atoms with E-state index < -0.39 is 5.43 Å². The third-order valence-corrected chi connectivity index (χ3v) is 15.5. The molecule has 6 aliphatic rings. The van der Waals surface area contributed by atoms with Crippen molar-refractivity contribution in [3.8, 4) is 33.4 Å². The number of halogens is 1. The van der Waals surface area contributed by atoms with Gasteiger partial charge in [-0.25, -0.2) is 20.3 Å². The van der Waals surface area contributed by atoms with E-state index in [1.807, 2.05) is 93.6 Å². The SMILES string of the molecule is CC1C/C(=N/O)CCN1C(=O)OCC1c2ccccc2-c2ccccc21.CC1CC(=O)CCN1.CC1CC(=O)CCN1C(=O)OCC1c2ccccc2-c2ccccc21.NO.O=C(Cl)OCC1c2ccccc2-c2ccccc21. The molecule has 12 rings (SSSR count). The van der Waals surface area contributed by atoms with Crippen molar-refractivity contribution in [2.75, 3.05) is 39.5 Å². The van der Waals surface area contributed by atoms with Crippen molar-refractivity contribution in [2.45, 2.75) is 95.2 Å². The fraction of sp³-hybridized carbons (Fsp3) is 0.333. The number of nitrogens with zero attached hydrogens (tertiary/aromatic N) is 3. The number of carbonyl (C=O) groups excluding carboxylic acids is 5. The van der Waals surface area contributed by atoms with E-state index in [1.165, 1.54) is 66.8 Å². The van der Waals surface area contributed by atoms with E-state index in [0.29, 0.717) is 63.8 Å². The zero-order valence-electron chi connectivity index (χ0n) is 44.8. The summed E-state index contributed by atoms with van der Waals surface area (Å²) in [5.74, 6) is 4.34. The molecule has 2 amide bonds. The van der Waals surface area contributed by atoms with Crippen LogP contribution in [0.2, 0.25) is 0 Å². The Morgan fingerprint density at radius 1 is 0.519 bits per heavy atom. The smallest absolute Gasteiger partial charge is 0.410 e. The topological polar surface area (TPSA) is 210 Å². The number of likely N-dealkylation sites (tertiary alicyclic amines) is 2. The second-order valence-electron chi connectivity index (χ2n) is 20.4. The van der Waals surface area contributed by atoms with E-state index in [2.05, 4.69) is 89.2 Å². The molecule has 3 saturated heterocycles. The highest BCUT2D eigenvalue weighted by atomic mass is 35.5. The quantitative estimate of drug-likeness (QED) is 0.0531. The standard InChI is InChI=1S/C21H22N2O3.C21H21NO3.C15H11ClO2.C6H11NO.H3NO/c1-14-12-15(22-25)10-11-23(14)21(24)26-13-20-18-8-4-2-6-16(18)17-7-3-5-9-19(17)20;1-14-12-15(23)10-11-22(14)21(24)25-13-20-18-8-4-2-6-16(18)17-7-3-5-9-19(17)20;16-15(17)18-9-14-12-7-3-1-5-10(12)11-6-2-4-8-13(11)14;1-5-4-6(8)2-3-7-5;1-2/h2-9,14,20,25H,10-13H2,1H3;2-9,14,20H,10-13H2,1H3;1-8,14H,9H2;5,7H,2-4H2,1H3;2H,1H2/b22-15+;;;;. The molecule has 0 spiro atoms. The van der Waals surface area contributed by atoms with Crippen molar-refractivity contribution in [1.82, 2.24) is 15.1 Å². The second kappa shape index (κ2) is 27.3. The third-order valence-electron chi connectivity index (χ3n) is 15.4. The predicted molar refractivity (Wildman–Crippen MR) is 304 cm³/mol. The Balaban J connectivity index is 0.000000145. The lowest BCUT2D eigenvalue weighted by Gasteiger charge is -2.33. The molecule has 15 nitrogen and oxygen atoms in total. The first kappa shape index (κ1) is 57.5. The summed E-state index contributed by atoms with van der Waals surface area (Å²) in [6, 6.07) is 49.9. The minimum atomic E-state index is -0.753. The van der Waals surface area contributed by atoms with Crippen LogP contribution in [0.3, 0.4) is 0 Å². The van der Waals surface area contributed by atoms with E-state index in [0.717, 1.165) is 25.1 Å². The van der Waals surface area contributed by atoms with Crippen LogP contribution in [0.15, 0.2) is 151 Å². The first-order valence-electron chi connectivity index (χ1n) is 26.9. The molecule has 0 radical (unpaired) electrons. The van der Waals surface area contributed by atoms with Gasteiger partial charge in [0.25, 0.3) is 0 Å². The molecule has 79 heavy (non-hydrogen) atoms. The van der Waals surface area contributed by atoms with Crippen LogP contribution in [0.1, 0.15) is 110 Å². The Hall–Kier alpha value is -7.69. The maximum Gasteiger partial charge on any atom is 0.410 e. The zero-order chi connectivity index (χ0) is 56.0. The van der Waals surface area contributed by atoms with Crippen LogP contribution in [0.4, 0.5) is 14.4 Å². The molecular formula is C63H68ClN5O10. The molecule has 5 N–H and O–H groups in total. The molecule has 3 fully saturated rings. The fourth-order valence-corrected chi connectivity index (χ4v) is 11.6. The summed E-state index contributed by atoms with van der Waals surface area (Å²) >= 11 is 5.25. The van der Waals surface area contributed by atoms with Gasteiger partial charge in [0.1, 0.15) is 31.4 Å². The van der Waals surface area contributed by atoms with Crippen molar-refractivity contribution in [1.29, 1.82) is 0 Å². The molecule has 0 bridgehead atoms. The number of hydrogen-bond donors (Lipinski definition) is 4. The Morgan fingerprint density at radius 3 is 1.15 bits per heavy atom. The van der Waals surface area contributed by atoms with Gasteiger partial charge in [0.05, 0.1) is 5.71 Å². The predicted octanol–water partition coefficient (Wildman–Crippen LogP) is 12.1.